The molecule has 0 spiro atoms. The molecule has 0 radical (unpaired) electrons. The lowest BCUT2D eigenvalue weighted by Gasteiger charge is -2.30. The number of aromatic hydroxyl groups is 1. The van der Waals surface area contributed by atoms with Crippen molar-refractivity contribution in [3.8, 4) is 5.75 Å². The normalized spacial score (nSPS) is 14.4. The van der Waals surface area contributed by atoms with Gasteiger partial charge < -0.3 is 14.7 Å². The molecule has 0 aromatic heterocycles. The number of ketones is 3. The monoisotopic (exact) mass is 497 g/mol. The summed E-state index contributed by atoms with van der Waals surface area (Å²) < 4.78 is 4.98. The van der Waals surface area contributed by atoms with Crippen molar-refractivity contribution in [3.63, 3.8) is 0 Å². The number of fused-ring (bicyclic) bond motifs is 3. The van der Waals surface area contributed by atoms with Gasteiger partial charge in [-0.25, -0.2) is 0 Å². The molecule has 1 heterocycles. The maximum atomic E-state index is 13.2. The lowest BCUT2D eigenvalue weighted by molar-refractivity contribution is -0.142. The molecule has 0 fully saturated rings. The van der Waals surface area contributed by atoms with Gasteiger partial charge in [0.2, 0.25) is 0 Å². The SMILES string of the molecule is CCOC(=O)CCN1CCC(=O)c2cc(N=Nc3cccc4c3C(=O)c3ccccc3C4=O)c(O)cc21. The molecule has 9 heteroatoms. The van der Waals surface area contributed by atoms with Crippen molar-refractivity contribution in [2.24, 2.45) is 10.2 Å². The Kier molecular flexibility index (Phi) is 6.35. The van der Waals surface area contributed by atoms with Crippen LogP contribution in [-0.4, -0.2) is 48.1 Å². The van der Waals surface area contributed by atoms with Crippen LogP contribution in [0.5, 0.6) is 5.75 Å². The van der Waals surface area contributed by atoms with Crippen LogP contribution in [0, 0.1) is 0 Å². The topological polar surface area (TPSA) is 126 Å². The van der Waals surface area contributed by atoms with Gasteiger partial charge in [0.1, 0.15) is 11.4 Å². The molecule has 1 aliphatic carbocycles. The van der Waals surface area contributed by atoms with E-state index < -0.39 is 0 Å². The fourth-order valence-corrected chi connectivity index (χ4v) is 4.63. The van der Waals surface area contributed by atoms with Gasteiger partial charge in [-0.1, -0.05) is 36.4 Å². The predicted molar refractivity (Wildman–Crippen MR) is 134 cm³/mol. The highest BCUT2D eigenvalue weighted by atomic mass is 16.5. The molecule has 9 nitrogen and oxygen atoms in total. The molecular formula is C28H23N3O6. The molecule has 2 aliphatic rings. The molecule has 0 unspecified atom stereocenters. The summed E-state index contributed by atoms with van der Waals surface area (Å²) in [5, 5.41) is 19.0. The van der Waals surface area contributed by atoms with Crippen molar-refractivity contribution >= 4 is 40.4 Å². The predicted octanol–water partition coefficient (Wildman–Crippen LogP) is 4.93. The highest BCUT2D eigenvalue weighted by Crippen LogP contribution is 2.39. The summed E-state index contributed by atoms with van der Waals surface area (Å²) in [6.07, 6.45) is 0.401. The first kappa shape index (κ1) is 24.1. The average molecular weight is 498 g/mol. The van der Waals surface area contributed by atoms with Crippen LogP contribution in [0.3, 0.4) is 0 Å². The Morgan fingerprint density at radius 2 is 1.62 bits per heavy atom. The van der Waals surface area contributed by atoms with E-state index in [4.69, 9.17) is 4.74 Å². The van der Waals surface area contributed by atoms with Crippen LogP contribution < -0.4 is 4.90 Å². The van der Waals surface area contributed by atoms with E-state index in [0.29, 0.717) is 42.1 Å². The van der Waals surface area contributed by atoms with Gasteiger partial charge in [-0.3, -0.25) is 19.2 Å². The van der Waals surface area contributed by atoms with E-state index >= 15 is 0 Å². The number of azo groups is 1. The van der Waals surface area contributed by atoms with E-state index in [2.05, 4.69) is 10.2 Å². The van der Waals surface area contributed by atoms with Gasteiger partial charge in [0.25, 0.3) is 0 Å². The number of phenols is 1. The fourth-order valence-electron chi connectivity index (χ4n) is 4.63. The summed E-state index contributed by atoms with van der Waals surface area (Å²) in [5.74, 6) is -1.27. The Morgan fingerprint density at radius 3 is 2.38 bits per heavy atom. The molecule has 0 saturated heterocycles. The maximum Gasteiger partial charge on any atom is 0.307 e. The van der Waals surface area contributed by atoms with Gasteiger partial charge in [0, 0.05) is 47.8 Å². The number of carbonyl (C=O) groups excluding carboxylic acids is 4. The maximum absolute atomic E-state index is 13.2. The van der Waals surface area contributed by atoms with Crippen molar-refractivity contribution in [1.29, 1.82) is 0 Å². The van der Waals surface area contributed by atoms with Gasteiger partial charge in [0.05, 0.1) is 30.0 Å². The summed E-state index contributed by atoms with van der Waals surface area (Å²) in [6.45, 7) is 2.78. The summed E-state index contributed by atoms with van der Waals surface area (Å²) in [6, 6.07) is 14.2. The lowest BCUT2D eigenvalue weighted by atomic mass is 9.83. The van der Waals surface area contributed by atoms with Crippen LogP contribution >= 0.6 is 0 Å². The number of benzene rings is 3. The number of anilines is 1. The second kappa shape index (κ2) is 9.77. The molecule has 1 aliphatic heterocycles. The first-order valence-corrected chi connectivity index (χ1v) is 11.9. The third-order valence-electron chi connectivity index (χ3n) is 6.43. The zero-order valence-electron chi connectivity index (χ0n) is 20.1. The van der Waals surface area contributed by atoms with E-state index in [-0.39, 0.29) is 64.4 Å². The van der Waals surface area contributed by atoms with Gasteiger partial charge in [-0.05, 0) is 19.1 Å². The Hall–Kier alpha value is -4.66. The van der Waals surface area contributed by atoms with Crippen LogP contribution in [-0.2, 0) is 9.53 Å². The van der Waals surface area contributed by atoms with Crippen molar-refractivity contribution in [2.45, 2.75) is 19.8 Å². The first-order valence-electron chi connectivity index (χ1n) is 11.9. The average Bonchev–Trinajstić information content (AvgIpc) is 2.90. The summed E-state index contributed by atoms with van der Waals surface area (Å²) in [4.78, 5) is 52.4. The quantitative estimate of drug-likeness (QED) is 0.296. The van der Waals surface area contributed by atoms with Crippen molar-refractivity contribution < 1.29 is 29.0 Å². The second-order valence-corrected chi connectivity index (χ2v) is 8.68. The van der Waals surface area contributed by atoms with Crippen LogP contribution in [0.15, 0.2) is 64.8 Å². The van der Waals surface area contributed by atoms with E-state index in [1.807, 2.05) is 4.90 Å². The minimum atomic E-state index is -0.336. The van der Waals surface area contributed by atoms with Crippen LogP contribution in [0.4, 0.5) is 17.1 Å². The molecule has 0 bridgehead atoms. The Balaban J connectivity index is 1.47. The highest BCUT2D eigenvalue weighted by molar-refractivity contribution is 6.29. The molecule has 0 atom stereocenters. The number of rotatable bonds is 6. The van der Waals surface area contributed by atoms with Crippen LogP contribution in [0.2, 0.25) is 0 Å². The zero-order chi connectivity index (χ0) is 26.1. The number of ether oxygens (including phenoxy) is 1. The molecule has 0 saturated carbocycles. The molecule has 3 aromatic carbocycles. The smallest absolute Gasteiger partial charge is 0.307 e. The van der Waals surface area contributed by atoms with E-state index in [1.165, 1.54) is 12.1 Å². The minimum absolute atomic E-state index is 0.0481. The molecule has 0 amide bonds. The van der Waals surface area contributed by atoms with Crippen molar-refractivity contribution in [2.75, 3.05) is 24.6 Å². The van der Waals surface area contributed by atoms with E-state index in [0.717, 1.165) is 0 Å². The molecule has 37 heavy (non-hydrogen) atoms. The Labute approximate surface area is 212 Å². The number of phenolic OH excluding ortho intramolecular Hbond substituents is 1. The fraction of sp³-hybridized carbons (Fsp3) is 0.214. The number of carbonyl (C=O) groups is 4. The molecular weight excluding hydrogens is 474 g/mol. The third-order valence-corrected chi connectivity index (χ3v) is 6.43. The number of Topliss-reactive ketones (excluding diaryl/α,β-unsaturated/α-hetero) is 1. The van der Waals surface area contributed by atoms with Crippen LogP contribution in [0.25, 0.3) is 0 Å². The second-order valence-electron chi connectivity index (χ2n) is 8.68. The number of esters is 1. The third kappa shape index (κ3) is 4.40. The van der Waals surface area contributed by atoms with E-state index in [9.17, 15) is 24.3 Å². The van der Waals surface area contributed by atoms with Gasteiger partial charge >= 0.3 is 5.97 Å². The number of nitrogens with zero attached hydrogens (tertiary/aromatic N) is 3. The molecule has 186 valence electrons. The van der Waals surface area contributed by atoms with E-state index in [1.54, 1.807) is 49.4 Å². The number of hydrogen-bond donors (Lipinski definition) is 1. The standard InChI is InChI=1S/C28H23N3O6/c1-2-37-25(34)11-13-31-12-10-23(32)19-14-21(24(33)15-22(19)31)30-29-20-9-5-8-18-26(20)28(36)17-7-4-3-6-16(17)27(18)35/h3-9,14-15,33H,2,10-13H2,1H3. The Bertz CT molecular complexity index is 1490. The summed E-state index contributed by atoms with van der Waals surface area (Å²) in [7, 11) is 0. The van der Waals surface area contributed by atoms with Crippen molar-refractivity contribution in [1.82, 2.24) is 0 Å². The molecule has 1 N–H and O–H groups in total. The van der Waals surface area contributed by atoms with Gasteiger partial charge in [-0.15, -0.1) is 10.2 Å². The van der Waals surface area contributed by atoms with Gasteiger partial charge in [0.15, 0.2) is 17.3 Å². The minimum Gasteiger partial charge on any atom is -0.506 e. The Morgan fingerprint density at radius 1 is 0.919 bits per heavy atom. The lowest BCUT2D eigenvalue weighted by Crippen LogP contribution is -2.34. The molecule has 5 rings (SSSR count). The molecule has 3 aromatic rings. The highest BCUT2D eigenvalue weighted by Gasteiger charge is 2.31. The summed E-state index contributed by atoms with van der Waals surface area (Å²) in [5.41, 5.74) is 2.12. The number of hydrogen-bond acceptors (Lipinski definition) is 9. The largest absolute Gasteiger partial charge is 0.506 e. The van der Waals surface area contributed by atoms with Gasteiger partial charge in [-0.2, -0.15) is 0 Å². The van der Waals surface area contributed by atoms with Crippen molar-refractivity contribution in [3.05, 3.63) is 82.4 Å². The van der Waals surface area contributed by atoms with Crippen LogP contribution in [0.1, 0.15) is 62.0 Å². The zero-order valence-corrected chi connectivity index (χ0v) is 20.1. The summed E-state index contributed by atoms with van der Waals surface area (Å²) >= 11 is 0. The first-order chi connectivity index (χ1) is 17.9.